The maximum Gasteiger partial charge on any atom is 0.281 e. The van der Waals surface area contributed by atoms with Crippen LogP contribution in [0.25, 0.3) is 6.08 Å². The second-order valence-electron chi connectivity index (χ2n) is 4.85. The van der Waals surface area contributed by atoms with Crippen molar-refractivity contribution >= 4 is 46.6 Å². The zero-order valence-electron chi connectivity index (χ0n) is 12.2. The monoisotopic (exact) mass is 344 g/mol. The van der Waals surface area contributed by atoms with E-state index in [4.69, 9.17) is 28.6 Å². The standard InChI is InChI=1S/C17H13ClN2O2S/c1-22-15-8-3-2-5-11(15)9-14-16(21)20(17(23)19-14)13-7-4-6-12(18)10-13/h2-10H,1H3,(H,19,23)/b14-9-. The lowest BCUT2D eigenvalue weighted by Gasteiger charge is -2.14. The Labute approximate surface area is 144 Å². The number of ether oxygens (including phenoxy) is 1. The summed E-state index contributed by atoms with van der Waals surface area (Å²) in [5, 5.41) is 3.80. The molecule has 0 atom stereocenters. The molecule has 1 aliphatic heterocycles. The van der Waals surface area contributed by atoms with Gasteiger partial charge in [0.1, 0.15) is 11.4 Å². The molecule has 0 unspecified atom stereocenters. The Morgan fingerprint density at radius 2 is 2.00 bits per heavy atom. The first kappa shape index (κ1) is 15.5. The number of halogens is 1. The Morgan fingerprint density at radius 3 is 2.74 bits per heavy atom. The van der Waals surface area contributed by atoms with Crippen LogP contribution in [0.15, 0.2) is 54.2 Å². The van der Waals surface area contributed by atoms with Crippen molar-refractivity contribution in [1.82, 2.24) is 5.32 Å². The molecule has 0 saturated carbocycles. The Hall–Kier alpha value is -2.37. The molecule has 4 nitrogen and oxygen atoms in total. The topological polar surface area (TPSA) is 41.6 Å². The van der Waals surface area contributed by atoms with Crippen molar-refractivity contribution in [2.75, 3.05) is 12.0 Å². The summed E-state index contributed by atoms with van der Waals surface area (Å²) in [5.41, 5.74) is 1.81. The maximum absolute atomic E-state index is 12.7. The van der Waals surface area contributed by atoms with E-state index in [-0.39, 0.29) is 5.91 Å². The fraction of sp³-hybridized carbons (Fsp3) is 0.0588. The third kappa shape index (κ3) is 3.06. The Kier molecular flexibility index (Phi) is 4.32. The van der Waals surface area contributed by atoms with Crippen molar-refractivity contribution in [2.24, 2.45) is 0 Å². The number of amides is 1. The number of nitrogens with zero attached hydrogens (tertiary/aromatic N) is 1. The van der Waals surface area contributed by atoms with E-state index in [9.17, 15) is 4.79 Å². The Bertz CT molecular complexity index is 820. The van der Waals surface area contributed by atoms with Crippen LogP contribution in [0.4, 0.5) is 5.69 Å². The first-order chi connectivity index (χ1) is 11.1. The highest BCUT2D eigenvalue weighted by molar-refractivity contribution is 7.80. The summed E-state index contributed by atoms with van der Waals surface area (Å²) < 4.78 is 5.30. The van der Waals surface area contributed by atoms with Gasteiger partial charge in [-0.25, -0.2) is 0 Å². The number of hydrogen-bond acceptors (Lipinski definition) is 3. The summed E-state index contributed by atoms with van der Waals surface area (Å²) in [4.78, 5) is 14.1. The number of thiocarbonyl (C=S) groups is 1. The minimum Gasteiger partial charge on any atom is -0.496 e. The molecule has 3 rings (SSSR count). The second-order valence-corrected chi connectivity index (χ2v) is 5.67. The van der Waals surface area contributed by atoms with Gasteiger partial charge in [0.05, 0.1) is 12.8 Å². The number of rotatable bonds is 3. The number of nitrogens with one attached hydrogen (secondary N) is 1. The molecule has 0 bridgehead atoms. The molecule has 2 aromatic rings. The molecule has 23 heavy (non-hydrogen) atoms. The second kappa shape index (κ2) is 6.40. The molecule has 116 valence electrons. The quantitative estimate of drug-likeness (QED) is 0.682. The summed E-state index contributed by atoms with van der Waals surface area (Å²) in [6.07, 6.45) is 1.72. The van der Waals surface area contributed by atoms with E-state index in [1.54, 1.807) is 37.5 Å². The lowest BCUT2D eigenvalue weighted by atomic mass is 10.1. The Balaban J connectivity index is 1.97. The lowest BCUT2D eigenvalue weighted by Crippen LogP contribution is -2.30. The van der Waals surface area contributed by atoms with Gasteiger partial charge in [-0.15, -0.1) is 0 Å². The molecule has 2 aromatic carbocycles. The molecule has 0 aromatic heterocycles. The van der Waals surface area contributed by atoms with Gasteiger partial charge < -0.3 is 10.1 Å². The van der Waals surface area contributed by atoms with Crippen molar-refractivity contribution in [2.45, 2.75) is 0 Å². The fourth-order valence-corrected chi connectivity index (χ4v) is 2.81. The molecule has 0 spiro atoms. The van der Waals surface area contributed by atoms with E-state index < -0.39 is 0 Å². The van der Waals surface area contributed by atoms with Gasteiger partial charge in [-0.05, 0) is 42.6 Å². The minimum atomic E-state index is -0.233. The number of benzene rings is 2. The van der Waals surface area contributed by atoms with Crippen molar-refractivity contribution in [3.8, 4) is 5.75 Å². The third-order valence-electron chi connectivity index (χ3n) is 3.38. The highest BCUT2D eigenvalue weighted by Gasteiger charge is 2.32. The van der Waals surface area contributed by atoms with Gasteiger partial charge in [-0.2, -0.15) is 0 Å². The van der Waals surface area contributed by atoms with Crippen LogP contribution in [0.5, 0.6) is 5.75 Å². The molecule has 0 aliphatic carbocycles. The number of carbonyl (C=O) groups is 1. The lowest BCUT2D eigenvalue weighted by molar-refractivity contribution is -0.113. The molecule has 1 heterocycles. The summed E-state index contributed by atoms with van der Waals surface area (Å²) >= 11 is 11.3. The first-order valence-electron chi connectivity index (χ1n) is 6.86. The maximum atomic E-state index is 12.7. The number of methoxy groups -OCH3 is 1. The van der Waals surface area contributed by atoms with Gasteiger partial charge in [0, 0.05) is 10.6 Å². The van der Waals surface area contributed by atoms with Crippen LogP contribution < -0.4 is 15.0 Å². The molecule has 1 saturated heterocycles. The fourth-order valence-electron chi connectivity index (χ4n) is 2.33. The van der Waals surface area contributed by atoms with Crippen LogP contribution in [-0.2, 0) is 4.79 Å². The Morgan fingerprint density at radius 1 is 1.22 bits per heavy atom. The number of carbonyl (C=O) groups excluding carboxylic acids is 1. The van der Waals surface area contributed by atoms with Gasteiger partial charge in [-0.1, -0.05) is 35.9 Å². The van der Waals surface area contributed by atoms with Crippen molar-refractivity contribution in [1.29, 1.82) is 0 Å². The number of hydrogen-bond donors (Lipinski definition) is 1. The summed E-state index contributed by atoms with van der Waals surface area (Å²) in [5.74, 6) is 0.449. The van der Waals surface area contributed by atoms with E-state index in [0.29, 0.717) is 27.3 Å². The van der Waals surface area contributed by atoms with Gasteiger partial charge in [-0.3, -0.25) is 9.69 Å². The van der Waals surface area contributed by atoms with Gasteiger partial charge in [0.15, 0.2) is 5.11 Å². The SMILES string of the molecule is COc1ccccc1/C=C1\NC(=S)N(c2cccc(Cl)c2)C1=O. The zero-order valence-corrected chi connectivity index (χ0v) is 13.8. The smallest absolute Gasteiger partial charge is 0.281 e. The van der Waals surface area contributed by atoms with Gasteiger partial charge >= 0.3 is 0 Å². The van der Waals surface area contributed by atoms with E-state index in [0.717, 1.165) is 5.56 Å². The summed E-state index contributed by atoms with van der Waals surface area (Å²) in [7, 11) is 1.59. The number of para-hydroxylation sites is 1. The van der Waals surface area contributed by atoms with E-state index in [2.05, 4.69) is 5.32 Å². The van der Waals surface area contributed by atoms with Crippen LogP contribution in [0.2, 0.25) is 5.02 Å². The van der Waals surface area contributed by atoms with Crippen LogP contribution in [0.3, 0.4) is 0 Å². The summed E-state index contributed by atoms with van der Waals surface area (Å²) in [6.45, 7) is 0. The normalized spacial score (nSPS) is 15.9. The average molecular weight is 345 g/mol. The van der Waals surface area contributed by atoms with E-state index in [1.807, 2.05) is 24.3 Å². The molecule has 1 fully saturated rings. The minimum absolute atomic E-state index is 0.233. The zero-order chi connectivity index (χ0) is 16.4. The van der Waals surface area contributed by atoms with Crippen LogP contribution in [0.1, 0.15) is 5.56 Å². The predicted molar refractivity (Wildman–Crippen MR) is 95.6 cm³/mol. The highest BCUT2D eigenvalue weighted by Crippen LogP contribution is 2.26. The van der Waals surface area contributed by atoms with Crippen molar-refractivity contribution in [3.05, 3.63) is 64.8 Å². The molecule has 0 radical (unpaired) electrons. The number of anilines is 1. The molecule has 1 amide bonds. The highest BCUT2D eigenvalue weighted by atomic mass is 35.5. The molecule has 6 heteroatoms. The van der Waals surface area contributed by atoms with E-state index >= 15 is 0 Å². The summed E-state index contributed by atoms with van der Waals surface area (Å²) in [6, 6.07) is 14.4. The van der Waals surface area contributed by atoms with E-state index in [1.165, 1.54) is 4.90 Å². The predicted octanol–water partition coefficient (Wildman–Crippen LogP) is 3.61. The first-order valence-corrected chi connectivity index (χ1v) is 7.64. The average Bonchev–Trinajstić information content (AvgIpc) is 2.82. The van der Waals surface area contributed by atoms with Crippen LogP contribution in [-0.4, -0.2) is 18.1 Å². The molecule has 1 aliphatic rings. The van der Waals surface area contributed by atoms with Crippen LogP contribution in [0, 0.1) is 0 Å². The third-order valence-corrected chi connectivity index (χ3v) is 3.90. The molecular weight excluding hydrogens is 332 g/mol. The van der Waals surface area contributed by atoms with Gasteiger partial charge in [0.25, 0.3) is 5.91 Å². The molecular formula is C17H13ClN2O2S. The van der Waals surface area contributed by atoms with Crippen LogP contribution >= 0.6 is 23.8 Å². The molecule has 1 N–H and O–H groups in total. The van der Waals surface area contributed by atoms with Gasteiger partial charge in [0.2, 0.25) is 0 Å². The van der Waals surface area contributed by atoms with Crippen molar-refractivity contribution in [3.63, 3.8) is 0 Å². The van der Waals surface area contributed by atoms with Crippen molar-refractivity contribution < 1.29 is 9.53 Å². The largest absolute Gasteiger partial charge is 0.496 e.